The van der Waals surface area contributed by atoms with E-state index < -0.39 is 0 Å². The van der Waals surface area contributed by atoms with E-state index in [0.29, 0.717) is 11.5 Å². The van der Waals surface area contributed by atoms with Crippen LogP contribution < -0.4 is 5.32 Å². The van der Waals surface area contributed by atoms with Gasteiger partial charge in [0, 0.05) is 26.2 Å². The molecule has 1 saturated heterocycles. The van der Waals surface area contributed by atoms with Crippen LogP contribution in [-0.4, -0.2) is 50.8 Å². The van der Waals surface area contributed by atoms with Crippen molar-refractivity contribution >= 4 is 0 Å². The van der Waals surface area contributed by atoms with Gasteiger partial charge in [-0.1, -0.05) is 20.8 Å². The molecule has 0 bridgehead atoms. The average molecular weight is 242 g/mol. The highest BCUT2D eigenvalue weighted by molar-refractivity contribution is 4.91. The Balaban J connectivity index is 2.52. The molecule has 1 rings (SSSR count). The van der Waals surface area contributed by atoms with Gasteiger partial charge >= 0.3 is 0 Å². The molecule has 1 aliphatic heterocycles. The van der Waals surface area contributed by atoms with Gasteiger partial charge in [-0.3, -0.25) is 4.90 Å². The predicted octanol–water partition coefficient (Wildman–Crippen LogP) is 2.12. The molecule has 3 nitrogen and oxygen atoms in total. The minimum absolute atomic E-state index is 0.542. The molecule has 0 aliphatic carbocycles. The zero-order chi connectivity index (χ0) is 12.7. The lowest BCUT2D eigenvalue weighted by atomic mass is 9.82. The zero-order valence-corrected chi connectivity index (χ0v) is 12.1. The molecule has 1 heterocycles. The fourth-order valence-electron chi connectivity index (χ4n) is 2.91. The second-order valence-electron chi connectivity index (χ2n) is 5.34. The summed E-state index contributed by atoms with van der Waals surface area (Å²) in [5, 5.41) is 3.45. The molecule has 0 radical (unpaired) electrons. The molecule has 1 aliphatic rings. The van der Waals surface area contributed by atoms with Crippen LogP contribution >= 0.6 is 0 Å². The van der Waals surface area contributed by atoms with Gasteiger partial charge in [-0.05, 0) is 37.8 Å². The highest BCUT2D eigenvalue weighted by atomic mass is 16.5. The van der Waals surface area contributed by atoms with E-state index in [1.54, 1.807) is 0 Å². The summed E-state index contributed by atoms with van der Waals surface area (Å²) in [6.45, 7) is 12.3. The van der Waals surface area contributed by atoms with Crippen molar-refractivity contribution in [1.29, 1.82) is 0 Å². The molecule has 1 atom stereocenters. The molecular formula is C14H30N2O. The van der Waals surface area contributed by atoms with Crippen molar-refractivity contribution in [2.45, 2.75) is 46.1 Å². The summed E-state index contributed by atoms with van der Waals surface area (Å²) in [4.78, 5) is 2.62. The van der Waals surface area contributed by atoms with Gasteiger partial charge in [0.15, 0.2) is 0 Å². The van der Waals surface area contributed by atoms with Crippen molar-refractivity contribution in [2.24, 2.45) is 5.41 Å². The van der Waals surface area contributed by atoms with Crippen LogP contribution in [0.25, 0.3) is 0 Å². The topological polar surface area (TPSA) is 24.5 Å². The molecule has 0 aromatic carbocycles. The van der Waals surface area contributed by atoms with Crippen LogP contribution in [0, 0.1) is 5.41 Å². The summed E-state index contributed by atoms with van der Waals surface area (Å²) >= 11 is 0. The monoisotopic (exact) mass is 242 g/mol. The van der Waals surface area contributed by atoms with Crippen LogP contribution in [0.2, 0.25) is 0 Å². The maximum Gasteiger partial charge on any atom is 0.0630 e. The lowest BCUT2D eigenvalue weighted by Crippen LogP contribution is -2.44. The third-order valence-corrected chi connectivity index (χ3v) is 4.47. The van der Waals surface area contributed by atoms with Gasteiger partial charge in [-0.25, -0.2) is 0 Å². The first-order valence-electron chi connectivity index (χ1n) is 7.15. The van der Waals surface area contributed by atoms with E-state index in [0.717, 1.165) is 19.7 Å². The number of rotatable bonds is 8. The van der Waals surface area contributed by atoms with Crippen molar-refractivity contribution in [2.75, 3.05) is 39.9 Å². The molecule has 3 heteroatoms. The Hall–Kier alpha value is -0.120. The highest BCUT2D eigenvalue weighted by Gasteiger charge is 2.37. The van der Waals surface area contributed by atoms with E-state index in [9.17, 15) is 0 Å². The van der Waals surface area contributed by atoms with E-state index in [4.69, 9.17) is 4.74 Å². The lowest BCUT2D eigenvalue weighted by molar-refractivity contribution is 0.0945. The van der Waals surface area contributed by atoms with Gasteiger partial charge in [0.25, 0.3) is 0 Å². The first kappa shape index (κ1) is 14.9. The van der Waals surface area contributed by atoms with Crippen LogP contribution in [0.5, 0.6) is 0 Å². The molecular weight excluding hydrogens is 212 g/mol. The van der Waals surface area contributed by atoms with Gasteiger partial charge in [-0.2, -0.15) is 0 Å². The normalized spacial score (nSPS) is 21.9. The summed E-state index contributed by atoms with van der Waals surface area (Å²) in [7, 11) is 1.81. The molecule has 1 fully saturated rings. The summed E-state index contributed by atoms with van der Waals surface area (Å²) in [5.41, 5.74) is 0.568. The van der Waals surface area contributed by atoms with Crippen LogP contribution in [0.15, 0.2) is 0 Å². The van der Waals surface area contributed by atoms with E-state index in [2.05, 4.69) is 31.0 Å². The van der Waals surface area contributed by atoms with Gasteiger partial charge < -0.3 is 10.1 Å². The molecule has 1 unspecified atom stereocenters. The number of likely N-dealkylation sites (N-methyl/N-ethyl adjacent to an activating group) is 1. The van der Waals surface area contributed by atoms with E-state index >= 15 is 0 Å². The number of methoxy groups -OCH3 is 1. The molecule has 0 amide bonds. The van der Waals surface area contributed by atoms with E-state index in [-0.39, 0.29) is 0 Å². The molecule has 0 spiro atoms. The smallest absolute Gasteiger partial charge is 0.0630 e. The molecule has 0 saturated carbocycles. The third-order valence-electron chi connectivity index (χ3n) is 4.47. The maximum atomic E-state index is 5.37. The Labute approximate surface area is 107 Å². The van der Waals surface area contributed by atoms with Crippen molar-refractivity contribution in [3.63, 3.8) is 0 Å². The quantitative estimate of drug-likeness (QED) is 0.705. The predicted molar refractivity (Wildman–Crippen MR) is 73.4 cm³/mol. The number of hydrogen-bond donors (Lipinski definition) is 1. The second kappa shape index (κ2) is 7.34. The Morgan fingerprint density at radius 3 is 2.47 bits per heavy atom. The van der Waals surface area contributed by atoms with E-state index in [1.807, 2.05) is 7.11 Å². The standard InChI is InChI=1S/C14H30N2O/c1-5-14(6-2)8-9-16(12-14)13(11-17-4)10-15-7-3/h13,15H,5-12H2,1-4H3. The number of nitrogens with zero attached hydrogens (tertiary/aromatic N) is 1. The van der Waals surface area contributed by atoms with Gasteiger partial charge in [-0.15, -0.1) is 0 Å². The van der Waals surface area contributed by atoms with Crippen molar-refractivity contribution in [1.82, 2.24) is 10.2 Å². The number of hydrogen-bond acceptors (Lipinski definition) is 3. The number of ether oxygens (including phenoxy) is 1. The zero-order valence-electron chi connectivity index (χ0n) is 12.1. The Morgan fingerprint density at radius 2 is 2.00 bits per heavy atom. The van der Waals surface area contributed by atoms with Crippen LogP contribution in [0.4, 0.5) is 0 Å². The SMILES string of the molecule is CCNCC(COC)N1CCC(CC)(CC)C1. The average Bonchev–Trinajstić information content (AvgIpc) is 2.79. The van der Waals surface area contributed by atoms with E-state index in [1.165, 1.54) is 32.4 Å². The summed E-state index contributed by atoms with van der Waals surface area (Å²) in [5.74, 6) is 0. The number of nitrogens with one attached hydrogen (secondary N) is 1. The Morgan fingerprint density at radius 1 is 1.29 bits per heavy atom. The van der Waals surface area contributed by atoms with Crippen LogP contribution in [0.3, 0.4) is 0 Å². The van der Waals surface area contributed by atoms with Crippen molar-refractivity contribution in [3.8, 4) is 0 Å². The number of likely N-dealkylation sites (tertiary alicyclic amines) is 1. The first-order chi connectivity index (χ1) is 8.21. The largest absolute Gasteiger partial charge is 0.383 e. The summed E-state index contributed by atoms with van der Waals surface area (Å²) in [6.07, 6.45) is 3.97. The Kier molecular flexibility index (Phi) is 6.45. The fourth-order valence-corrected chi connectivity index (χ4v) is 2.91. The molecule has 0 aromatic heterocycles. The molecule has 0 aromatic rings. The maximum absolute atomic E-state index is 5.37. The summed E-state index contributed by atoms with van der Waals surface area (Å²) < 4.78 is 5.37. The van der Waals surface area contributed by atoms with Crippen molar-refractivity contribution in [3.05, 3.63) is 0 Å². The lowest BCUT2D eigenvalue weighted by Gasteiger charge is -2.31. The first-order valence-corrected chi connectivity index (χ1v) is 7.15. The molecule has 17 heavy (non-hydrogen) atoms. The van der Waals surface area contributed by atoms with Crippen LogP contribution in [-0.2, 0) is 4.74 Å². The Bertz CT molecular complexity index is 204. The van der Waals surface area contributed by atoms with Gasteiger partial charge in [0.1, 0.15) is 0 Å². The van der Waals surface area contributed by atoms with Crippen molar-refractivity contribution < 1.29 is 4.74 Å². The summed E-state index contributed by atoms with van der Waals surface area (Å²) in [6, 6.07) is 0.542. The highest BCUT2D eigenvalue weighted by Crippen LogP contribution is 2.37. The fraction of sp³-hybridized carbons (Fsp3) is 1.00. The minimum atomic E-state index is 0.542. The van der Waals surface area contributed by atoms with Gasteiger partial charge in [0.2, 0.25) is 0 Å². The molecule has 1 N–H and O–H groups in total. The minimum Gasteiger partial charge on any atom is -0.383 e. The molecule has 102 valence electrons. The van der Waals surface area contributed by atoms with Gasteiger partial charge in [0.05, 0.1) is 6.61 Å². The second-order valence-corrected chi connectivity index (χ2v) is 5.34. The van der Waals surface area contributed by atoms with Crippen LogP contribution in [0.1, 0.15) is 40.0 Å². The third kappa shape index (κ3) is 3.94.